The van der Waals surface area contributed by atoms with Crippen LogP contribution < -0.4 is 5.32 Å². The fourth-order valence-corrected chi connectivity index (χ4v) is 3.72. The molecule has 3 aromatic carbocycles. The third kappa shape index (κ3) is 3.66. The molecule has 1 aliphatic heterocycles. The van der Waals surface area contributed by atoms with Crippen LogP contribution in [0.15, 0.2) is 96.1 Å². The maximum atomic E-state index is 11.1. The molecule has 0 amide bonds. The minimum absolute atomic E-state index is 0.0470. The van der Waals surface area contributed by atoms with E-state index in [0.29, 0.717) is 28.1 Å². The molecule has 0 fully saturated rings. The van der Waals surface area contributed by atoms with Crippen LogP contribution in [0, 0.1) is 32.8 Å². The summed E-state index contributed by atoms with van der Waals surface area (Å²) in [6.07, 6.45) is 0. The van der Waals surface area contributed by atoms with Gasteiger partial charge in [0.1, 0.15) is 0 Å². The highest BCUT2D eigenvalue weighted by molar-refractivity contribution is 5.88. The zero-order chi connectivity index (χ0) is 21.8. The summed E-state index contributed by atoms with van der Waals surface area (Å²) >= 11 is 0. The summed E-state index contributed by atoms with van der Waals surface area (Å²) in [5, 5.41) is 34.6. The second-order valence-electron chi connectivity index (χ2n) is 6.94. The molecular weight excluding hydrogens is 388 g/mol. The van der Waals surface area contributed by atoms with E-state index in [1.807, 2.05) is 60.7 Å². The molecule has 1 N–H and O–H groups in total. The predicted molar refractivity (Wildman–Crippen MR) is 117 cm³/mol. The molecule has 31 heavy (non-hydrogen) atoms. The summed E-state index contributed by atoms with van der Waals surface area (Å²) < 4.78 is 0. The molecule has 0 saturated carbocycles. The summed E-state index contributed by atoms with van der Waals surface area (Å²) in [4.78, 5) is 10.6. The van der Waals surface area contributed by atoms with Gasteiger partial charge in [0.05, 0.1) is 45.5 Å². The number of benzene rings is 3. The first kappa shape index (κ1) is 19.6. The number of nitro groups is 1. The highest BCUT2D eigenvalue weighted by atomic mass is 16.6. The Bertz CT molecular complexity index is 1210. The molecule has 0 unspecified atom stereocenters. The number of nitro benzene ring substituents is 1. The van der Waals surface area contributed by atoms with Gasteiger partial charge in [-0.3, -0.25) is 10.1 Å². The highest BCUT2D eigenvalue weighted by Gasteiger charge is 2.33. The molecule has 0 aliphatic carbocycles. The molecule has 1 heterocycles. The monoisotopic (exact) mass is 404 g/mol. The molecule has 6 heteroatoms. The van der Waals surface area contributed by atoms with Crippen LogP contribution in [-0.4, -0.2) is 4.92 Å². The van der Waals surface area contributed by atoms with Gasteiger partial charge in [-0.15, -0.1) is 0 Å². The Hall–Kier alpha value is -4.68. The van der Waals surface area contributed by atoms with Gasteiger partial charge in [-0.2, -0.15) is 10.5 Å². The maximum Gasteiger partial charge on any atom is 0.269 e. The first-order valence-corrected chi connectivity index (χ1v) is 9.54. The van der Waals surface area contributed by atoms with Gasteiger partial charge in [0.15, 0.2) is 0 Å². The molecule has 4 rings (SSSR count). The number of non-ortho nitro benzene ring substituents is 1. The number of rotatable bonds is 4. The van der Waals surface area contributed by atoms with Crippen molar-refractivity contribution < 1.29 is 4.92 Å². The first-order valence-electron chi connectivity index (χ1n) is 9.54. The minimum Gasteiger partial charge on any atom is -0.353 e. The Morgan fingerprint density at radius 2 is 1.19 bits per heavy atom. The lowest BCUT2D eigenvalue weighted by atomic mass is 9.79. The minimum atomic E-state index is -0.650. The lowest BCUT2D eigenvalue weighted by molar-refractivity contribution is -0.384. The fraction of sp³-hybridized carbons (Fsp3) is 0.0400. The molecular formula is C25H16N4O2. The van der Waals surface area contributed by atoms with E-state index >= 15 is 0 Å². The van der Waals surface area contributed by atoms with Gasteiger partial charge in [0.2, 0.25) is 0 Å². The van der Waals surface area contributed by atoms with Crippen LogP contribution in [0.4, 0.5) is 5.69 Å². The molecule has 1 aliphatic rings. The van der Waals surface area contributed by atoms with Crippen LogP contribution >= 0.6 is 0 Å². The topological polar surface area (TPSA) is 103 Å². The zero-order valence-corrected chi connectivity index (χ0v) is 16.3. The van der Waals surface area contributed by atoms with Crippen molar-refractivity contribution in [2.24, 2.45) is 0 Å². The zero-order valence-electron chi connectivity index (χ0n) is 16.3. The third-order valence-corrected chi connectivity index (χ3v) is 5.17. The molecule has 0 aromatic heterocycles. The van der Waals surface area contributed by atoms with E-state index in [-0.39, 0.29) is 5.69 Å². The van der Waals surface area contributed by atoms with Gasteiger partial charge >= 0.3 is 0 Å². The standard InChI is InChI=1S/C25H16N4O2/c26-15-21-23(17-11-13-20(14-12-17)29(30)31)22(16-27)25(19-9-5-2-6-10-19)28-24(21)18-7-3-1-4-8-18/h1-14,23,28H. The highest BCUT2D eigenvalue weighted by Crippen LogP contribution is 2.42. The fourth-order valence-electron chi connectivity index (χ4n) is 3.72. The van der Waals surface area contributed by atoms with Crippen LogP contribution in [0.25, 0.3) is 11.4 Å². The number of dihydropyridines is 1. The summed E-state index contributed by atoms with van der Waals surface area (Å²) in [5.74, 6) is -0.650. The van der Waals surface area contributed by atoms with E-state index in [1.165, 1.54) is 12.1 Å². The van der Waals surface area contributed by atoms with Crippen molar-refractivity contribution in [2.75, 3.05) is 0 Å². The normalized spacial score (nSPS) is 13.9. The van der Waals surface area contributed by atoms with Gasteiger partial charge in [-0.05, 0) is 16.7 Å². The molecule has 0 saturated heterocycles. The van der Waals surface area contributed by atoms with Crippen molar-refractivity contribution in [2.45, 2.75) is 5.92 Å². The van der Waals surface area contributed by atoms with E-state index < -0.39 is 10.8 Å². The quantitative estimate of drug-likeness (QED) is 0.478. The Kier molecular flexibility index (Phi) is 5.29. The second-order valence-corrected chi connectivity index (χ2v) is 6.94. The molecule has 0 radical (unpaired) electrons. The van der Waals surface area contributed by atoms with Gasteiger partial charge in [-0.25, -0.2) is 0 Å². The number of allylic oxidation sites excluding steroid dienone is 2. The van der Waals surface area contributed by atoms with Gasteiger partial charge in [0, 0.05) is 12.1 Å². The smallest absolute Gasteiger partial charge is 0.269 e. The van der Waals surface area contributed by atoms with E-state index in [2.05, 4.69) is 17.5 Å². The molecule has 0 bridgehead atoms. The van der Waals surface area contributed by atoms with Crippen LogP contribution in [-0.2, 0) is 0 Å². The van der Waals surface area contributed by atoms with Gasteiger partial charge < -0.3 is 5.32 Å². The SMILES string of the molecule is N#CC1=C(c2ccccc2)NC(c2ccccc2)=C(C#N)C1c1ccc([N+](=O)[O-])cc1. The number of hydrogen-bond acceptors (Lipinski definition) is 5. The summed E-state index contributed by atoms with van der Waals surface area (Å²) in [6, 6.07) is 29.4. The van der Waals surface area contributed by atoms with Crippen LogP contribution in [0.2, 0.25) is 0 Å². The average molecular weight is 404 g/mol. The summed E-state index contributed by atoms with van der Waals surface area (Å²) in [5.41, 5.74) is 4.23. The molecule has 0 spiro atoms. The lowest BCUT2D eigenvalue weighted by Gasteiger charge is -2.29. The Morgan fingerprint density at radius 3 is 1.58 bits per heavy atom. The van der Waals surface area contributed by atoms with Crippen molar-refractivity contribution in [3.8, 4) is 12.1 Å². The predicted octanol–water partition coefficient (Wildman–Crippen LogP) is 5.15. The van der Waals surface area contributed by atoms with Crippen LogP contribution in [0.5, 0.6) is 0 Å². The second kappa shape index (κ2) is 8.36. The van der Waals surface area contributed by atoms with Crippen molar-refractivity contribution in [1.82, 2.24) is 5.32 Å². The van der Waals surface area contributed by atoms with Crippen molar-refractivity contribution in [3.63, 3.8) is 0 Å². The van der Waals surface area contributed by atoms with E-state index in [0.717, 1.165) is 11.1 Å². The number of nitrogens with one attached hydrogen (secondary N) is 1. The maximum absolute atomic E-state index is 11.1. The first-order chi connectivity index (χ1) is 15.1. The van der Waals surface area contributed by atoms with Crippen molar-refractivity contribution >= 4 is 17.1 Å². The van der Waals surface area contributed by atoms with Crippen LogP contribution in [0.1, 0.15) is 22.6 Å². The molecule has 6 nitrogen and oxygen atoms in total. The number of nitriles is 2. The molecule has 0 atom stereocenters. The van der Waals surface area contributed by atoms with Crippen molar-refractivity contribution in [3.05, 3.63) is 123 Å². The molecule has 3 aromatic rings. The van der Waals surface area contributed by atoms with E-state index in [9.17, 15) is 20.6 Å². The number of hydrogen-bond donors (Lipinski definition) is 1. The molecule has 148 valence electrons. The van der Waals surface area contributed by atoms with Gasteiger partial charge in [-0.1, -0.05) is 72.8 Å². The van der Waals surface area contributed by atoms with Crippen LogP contribution in [0.3, 0.4) is 0 Å². The van der Waals surface area contributed by atoms with E-state index in [1.54, 1.807) is 12.1 Å². The lowest BCUT2D eigenvalue weighted by Crippen LogP contribution is -2.24. The Balaban J connectivity index is 1.97. The van der Waals surface area contributed by atoms with Crippen molar-refractivity contribution in [1.29, 1.82) is 10.5 Å². The number of nitrogens with zero attached hydrogens (tertiary/aromatic N) is 3. The summed E-state index contributed by atoms with van der Waals surface area (Å²) in [6.45, 7) is 0. The average Bonchev–Trinajstić information content (AvgIpc) is 2.83. The van der Waals surface area contributed by atoms with E-state index in [4.69, 9.17) is 0 Å². The summed E-state index contributed by atoms with van der Waals surface area (Å²) in [7, 11) is 0. The Morgan fingerprint density at radius 1 is 0.742 bits per heavy atom. The largest absolute Gasteiger partial charge is 0.353 e. The third-order valence-electron chi connectivity index (χ3n) is 5.17. The van der Waals surface area contributed by atoms with Gasteiger partial charge in [0.25, 0.3) is 5.69 Å². The Labute approximate surface area is 179 Å².